The highest BCUT2D eigenvalue weighted by atomic mass is 79.9. The Bertz CT molecular complexity index is 959. The van der Waals surface area contributed by atoms with Crippen molar-refractivity contribution in [2.24, 2.45) is 0 Å². The van der Waals surface area contributed by atoms with E-state index in [1.54, 1.807) is 24.3 Å². The van der Waals surface area contributed by atoms with Gasteiger partial charge in [-0.3, -0.25) is 0 Å². The smallest absolute Gasteiger partial charge is 0.179 e. The van der Waals surface area contributed by atoms with E-state index < -0.39 is 0 Å². The summed E-state index contributed by atoms with van der Waals surface area (Å²) in [6.45, 7) is 0. The Morgan fingerprint density at radius 3 is 2.48 bits per heavy atom. The second kappa shape index (κ2) is 7.92. The Labute approximate surface area is 162 Å². The molecule has 0 aliphatic carbocycles. The van der Waals surface area contributed by atoms with Gasteiger partial charge in [0.15, 0.2) is 5.09 Å². The molecule has 0 fully saturated rings. The van der Waals surface area contributed by atoms with E-state index in [9.17, 15) is 9.65 Å². The molecule has 3 rings (SSSR count). The molecule has 2 nitrogen and oxygen atoms in total. The van der Waals surface area contributed by atoms with Gasteiger partial charge in [-0.1, -0.05) is 35.5 Å². The number of hydrogen-bond acceptors (Lipinski definition) is 3. The maximum atomic E-state index is 13.0. The fraction of sp³-hybridized carbons (Fsp3) is 0. The molecule has 6 heteroatoms. The molecule has 1 aromatic heterocycles. The van der Waals surface area contributed by atoms with Crippen molar-refractivity contribution in [2.45, 2.75) is 9.99 Å². The van der Waals surface area contributed by atoms with Gasteiger partial charge in [-0.15, -0.1) is 0 Å². The molecule has 0 N–H and O–H groups in total. The van der Waals surface area contributed by atoms with Crippen LogP contribution in [0.5, 0.6) is 0 Å². The molecule has 0 radical (unpaired) electrons. The van der Waals surface area contributed by atoms with Crippen LogP contribution in [0.1, 0.15) is 11.3 Å². The van der Waals surface area contributed by atoms with Crippen molar-refractivity contribution in [1.82, 2.24) is 0 Å². The van der Waals surface area contributed by atoms with Gasteiger partial charge in [-0.2, -0.15) is 5.26 Å². The molecule has 0 bridgehead atoms. The second-order valence-electron chi connectivity index (χ2n) is 5.02. The van der Waals surface area contributed by atoms with E-state index in [1.165, 1.54) is 23.9 Å². The van der Waals surface area contributed by atoms with Crippen LogP contribution in [-0.4, -0.2) is 0 Å². The standard InChI is InChI=1S/C19H10BrClFNOS/c20-18-10-16(9-13(11-23)12-1-5-15(22)6-2-12)24-19(18)25-17-7-3-14(21)4-8-17/h1-10H/b13-9+. The Hall–Kier alpha value is -2.00. The summed E-state index contributed by atoms with van der Waals surface area (Å²) in [5.41, 5.74) is 1.02. The zero-order chi connectivity index (χ0) is 17.8. The first-order chi connectivity index (χ1) is 12.0. The minimum atomic E-state index is -0.344. The minimum absolute atomic E-state index is 0.344. The lowest BCUT2D eigenvalue weighted by atomic mass is 10.1. The van der Waals surface area contributed by atoms with Crippen LogP contribution in [0, 0.1) is 17.1 Å². The SMILES string of the molecule is N#C/C(=C\c1cc(Br)c(Sc2ccc(Cl)cc2)o1)c1ccc(F)cc1. The van der Waals surface area contributed by atoms with Crippen LogP contribution >= 0.6 is 39.3 Å². The molecule has 0 aliphatic heterocycles. The summed E-state index contributed by atoms with van der Waals surface area (Å²) in [7, 11) is 0. The largest absolute Gasteiger partial charge is 0.449 e. The number of nitrogens with zero attached hydrogens (tertiary/aromatic N) is 1. The Kier molecular flexibility index (Phi) is 5.64. The topological polar surface area (TPSA) is 36.9 Å². The third-order valence-corrected chi connectivity index (χ3v) is 5.36. The average molecular weight is 435 g/mol. The van der Waals surface area contributed by atoms with Crippen LogP contribution in [0.3, 0.4) is 0 Å². The second-order valence-corrected chi connectivity index (χ2v) is 7.35. The molecule has 3 aromatic rings. The van der Waals surface area contributed by atoms with E-state index in [0.717, 1.165) is 9.37 Å². The fourth-order valence-corrected chi connectivity index (χ4v) is 3.53. The lowest BCUT2D eigenvalue weighted by molar-refractivity contribution is 0.463. The van der Waals surface area contributed by atoms with Gasteiger partial charge in [0.05, 0.1) is 16.1 Å². The van der Waals surface area contributed by atoms with Crippen molar-refractivity contribution >= 4 is 50.9 Å². The van der Waals surface area contributed by atoms with Crippen molar-refractivity contribution in [1.29, 1.82) is 5.26 Å². The quantitative estimate of drug-likeness (QED) is 0.413. The van der Waals surface area contributed by atoms with E-state index in [-0.39, 0.29) is 5.82 Å². The first-order valence-corrected chi connectivity index (χ1v) is 9.14. The highest BCUT2D eigenvalue weighted by molar-refractivity contribution is 9.10. The van der Waals surface area contributed by atoms with Crippen LogP contribution in [-0.2, 0) is 0 Å². The maximum absolute atomic E-state index is 13.0. The van der Waals surface area contributed by atoms with Gasteiger partial charge < -0.3 is 4.42 Å². The highest BCUT2D eigenvalue weighted by Gasteiger charge is 2.11. The summed E-state index contributed by atoms with van der Waals surface area (Å²) < 4.78 is 19.6. The molecule has 25 heavy (non-hydrogen) atoms. The molecule has 0 spiro atoms. The Balaban J connectivity index is 1.87. The summed E-state index contributed by atoms with van der Waals surface area (Å²) >= 11 is 10.8. The first kappa shape index (κ1) is 17.8. The molecular weight excluding hydrogens is 425 g/mol. The lowest BCUT2D eigenvalue weighted by Gasteiger charge is -1.99. The molecular formula is C19H10BrClFNOS. The van der Waals surface area contributed by atoms with E-state index >= 15 is 0 Å². The summed E-state index contributed by atoms with van der Waals surface area (Å²) in [4.78, 5) is 0.981. The van der Waals surface area contributed by atoms with E-state index in [0.29, 0.717) is 27.0 Å². The Morgan fingerprint density at radius 1 is 1.16 bits per heavy atom. The molecule has 0 amide bonds. The number of allylic oxidation sites excluding steroid dienone is 1. The molecule has 124 valence electrons. The third-order valence-electron chi connectivity index (χ3n) is 3.26. The van der Waals surface area contributed by atoms with Crippen LogP contribution < -0.4 is 0 Å². The molecule has 0 saturated heterocycles. The van der Waals surface area contributed by atoms with Crippen LogP contribution in [0.2, 0.25) is 5.02 Å². The van der Waals surface area contributed by atoms with Gasteiger partial charge in [0.25, 0.3) is 0 Å². The highest BCUT2D eigenvalue weighted by Crippen LogP contribution is 2.37. The zero-order valence-electron chi connectivity index (χ0n) is 12.7. The molecule has 0 aliphatic rings. The first-order valence-electron chi connectivity index (χ1n) is 7.15. The predicted molar refractivity (Wildman–Crippen MR) is 102 cm³/mol. The van der Waals surface area contributed by atoms with Crippen LogP contribution in [0.4, 0.5) is 4.39 Å². The number of benzene rings is 2. The fourth-order valence-electron chi connectivity index (χ4n) is 2.07. The summed E-state index contributed by atoms with van der Waals surface area (Å²) in [5, 5.41) is 10.7. The van der Waals surface area contributed by atoms with E-state index in [2.05, 4.69) is 22.0 Å². The third kappa shape index (κ3) is 4.55. The van der Waals surface area contributed by atoms with Gasteiger partial charge >= 0.3 is 0 Å². The summed E-state index contributed by atoms with van der Waals surface area (Å²) in [6.07, 6.45) is 1.63. The van der Waals surface area contributed by atoms with Crippen LogP contribution in [0.25, 0.3) is 11.6 Å². The van der Waals surface area contributed by atoms with Gasteiger partial charge in [-0.05, 0) is 70.0 Å². The predicted octanol–water partition coefficient (Wildman–Crippen LogP) is 7.05. The maximum Gasteiger partial charge on any atom is 0.179 e. The molecule has 0 atom stereocenters. The molecule has 0 saturated carbocycles. The van der Waals surface area contributed by atoms with Crippen molar-refractivity contribution in [2.75, 3.05) is 0 Å². The zero-order valence-corrected chi connectivity index (χ0v) is 15.8. The normalized spacial score (nSPS) is 11.4. The summed E-state index contributed by atoms with van der Waals surface area (Å²) in [6, 6.07) is 17.1. The van der Waals surface area contributed by atoms with Gasteiger partial charge in [0.1, 0.15) is 11.6 Å². The van der Waals surface area contributed by atoms with E-state index in [1.807, 2.05) is 24.3 Å². The van der Waals surface area contributed by atoms with Crippen molar-refractivity contribution in [3.05, 3.63) is 81.2 Å². The summed E-state index contributed by atoms with van der Waals surface area (Å²) in [5.74, 6) is 0.188. The van der Waals surface area contributed by atoms with Gasteiger partial charge in [-0.25, -0.2) is 4.39 Å². The van der Waals surface area contributed by atoms with Gasteiger partial charge in [0.2, 0.25) is 0 Å². The Morgan fingerprint density at radius 2 is 1.84 bits per heavy atom. The minimum Gasteiger partial charge on any atom is -0.449 e. The van der Waals surface area contributed by atoms with Crippen molar-refractivity contribution < 1.29 is 8.81 Å². The molecule has 0 unspecified atom stereocenters. The number of halogens is 3. The molecule has 1 heterocycles. The lowest BCUT2D eigenvalue weighted by Crippen LogP contribution is -1.82. The number of furan rings is 1. The van der Waals surface area contributed by atoms with E-state index in [4.69, 9.17) is 16.0 Å². The number of rotatable bonds is 4. The number of hydrogen-bond donors (Lipinski definition) is 0. The van der Waals surface area contributed by atoms with Crippen molar-refractivity contribution in [3.63, 3.8) is 0 Å². The monoisotopic (exact) mass is 433 g/mol. The van der Waals surface area contributed by atoms with Gasteiger partial charge in [0, 0.05) is 9.92 Å². The van der Waals surface area contributed by atoms with Crippen molar-refractivity contribution in [3.8, 4) is 6.07 Å². The molecule has 2 aromatic carbocycles. The van der Waals surface area contributed by atoms with Crippen LogP contribution in [0.15, 0.2) is 73.5 Å². The number of nitriles is 1. The average Bonchev–Trinajstić information content (AvgIpc) is 2.95.